The Morgan fingerprint density at radius 1 is 1.03 bits per heavy atom. The first kappa shape index (κ1) is 21.8. The Morgan fingerprint density at radius 2 is 1.78 bits per heavy atom. The molecule has 1 saturated carbocycles. The molecule has 0 unspecified atom stereocenters. The topological polar surface area (TPSA) is 77.5 Å². The molecule has 1 aliphatic rings. The van der Waals surface area contributed by atoms with Gasteiger partial charge in [0.15, 0.2) is 0 Å². The summed E-state index contributed by atoms with van der Waals surface area (Å²) in [6.07, 6.45) is 6.88. The van der Waals surface area contributed by atoms with Crippen LogP contribution in [0.3, 0.4) is 0 Å². The third-order valence-corrected chi connectivity index (χ3v) is 5.73. The maximum absolute atomic E-state index is 12.6. The van der Waals surface area contributed by atoms with E-state index >= 15 is 0 Å². The second kappa shape index (κ2) is 9.81. The van der Waals surface area contributed by atoms with Gasteiger partial charge in [-0.2, -0.15) is 0 Å². The highest BCUT2D eigenvalue weighted by atomic mass is 16.5. The molecule has 0 radical (unpaired) electrons. The lowest BCUT2D eigenvalue weighted by atomic mass is 9.98. The predicted octanol–water partition coefficient (Wildman–Crippen LogP) is 5.95. The van der Waals surface area contributed by atoms with Gasteiger partial charge < -0.3 is 14.8 Å². The predicted molar refractivity (Wildman–Crippen MR) is 124 cm³/mol. The normalized spacial score (nSPS) is 14.2. The van der Waals surface area contributed by atoms with Crippen LogP contribution in [0.15, 0.2) is 48.7 Å². The number of carbonyl (C=O) groups is 2. The number of nitrogens with one attached hydrogen (secondary N) is 1. The van der Waals surface area contributed by atoms with Crippen LogP contribution >= 0.6 is 0 Å². The van der Waals surface area contributed by atoms with E-state index in [4.69, 9.17) is 9.47 Å². The zero-order valence-electron chi connectivity index (χ0n) is 18.5. The van der Waals surface area contributed by atoms with Crippen LogP contribution in [0, 0.1) is 6.92 Å². The first-order valence-corrected chi connectivity index (χ1v) is 11.2. The molecule has 3 aromatic rings. The molecular formula is C26H28N2O4. The molecular weight excluding hydrogens is 404 g/mol. The van der Waals surface area contributed by atoms with Crippen molar-refractivity contribution in [3.8, 4) is 0 Å². The first-order valence-electron chi connectivity index (χ1n) is 11.2. The quantitative estimate of drug-likeness (QED) is 0.485. The number of rotatable bonds is 6. The highest BCUT2D eigenvalue weighted by Gasteiger charge is 2.20. The van der Waals surface area contributed by atoms with Crippen LogP contribution in [0.4, 0.5) is 11.4 Å². The van der Waals surface area contributed by atoms with Crippen LogP contribution in [0.25, 0.3) is 10.9 Å². The average molecular weight is 433 g/mol. The van der Waals surface area contributed by atoms with Crippen molar-refractivity contribution in [1.82, 2.24) is 4.98 Å². The number of aryl methyl sites for hydroxylation is 1. The lowest BCUT2D eigenvalue weighted by Crippen LogP contribution is -2.20. The highest BCUT2D eigenvalue weighted by molar-refractivity contribution is 6.06. The Balaban J connectivity index is 1.59. The van der Waals surface area contributed by atoms with E-state index in [1.165, 1.54) is 12.6 Å². The van der Waals surface area contributed by atoms with Gasteiger partial charge in [-0.1, -0.05) is 18.1 Å². The summed E-state index contributed by atoms with van der Waals surface area (Å²) in [7, 11) is 0. The monoisotopic (exact) mass is 432 g/mol. The molecule has 0 bridgehead atoms. The maximum atomic E-state index is 12.6. The summed E-state index contributed by atoms with van der Waals surface area (Å²) in [5.41, 5.74) is 4.10. The first-order chi connectivity index (χ1) is 15.5. The number of nitrogens with zero attached hydrogens (tertiary/aromatic N) is 1. The highest BCUT2D eigenvalue weighted by Crippen LogP contribution is 2.31. The van der Waals surface area contributed by atoms with Gasteiger partial charge >= 0.3 is 11.9 Å². The summed E-state index contributed by atoms with van der Waals surface area (Å²) in [4.78, 5) is 29.5. The SMILES string of the molecule is CCOC(=O)c1cnc2ccc(C)cc2c1Nc1ccc(C(=O)OC2CCCCC2)cc1. The zero-order chi connectivity index (χ0) is 22.5. The molecule has 32 heavy (non-hydrogen) atoms. The number of pyridine rings is 1. The van der Waals surface area contributed by atoms with Gasteiger partial charge in [-0.3, -0.25) is 4.98 Å². The molecule has 0 saturated heterocycles. The fourth-order valence-electron chi connectivity index (χ4n) is 4.04. The van der Waals surface area contributed by atoms with Gasteiger partial charge in [0.1, 0.15) is 11.7 Å². The van der Waals surface area contributed by atoms with Crippen LogP contribution in [0.2, 0.25) is 0 Å². The van der Waals surface area contributed by atoms with Crippen LogP contribution in [0.1, 0.15) is 65.3 Å². The Hall–Kier alpha value is -3.41. The minimum atomic E-state index is -0.432. The van der Waals surface area contributed by atoms with Crippen LogP contribution in [0.5, 0.6) is 0 Å². The van der Waals surface area contributed by atoms with Crippen LogP contribution in [-0.4, -0.2) is 29.6 Å². The van der Waals surface area contributed by atoms with Gasteiger partial charge in [-0.05, 0) is 75.9 Å². The third-order valence-electron chi connectivity index (χ3n) is 5.73. The van der Waals surface area contributed by atoms with E-state index in [0.29, 0.717) is 16.8 Å². The van der Waals surface area contributed by atoms with Gasteiger partial charge in [0.2, 0.25) is 0 Å². The Bertz CT molecular complexity index is 1120. The molecule has 1 heterocycles. The second-order valence-electron chi connectivity index (χ2n) is 8.16. The molecule has 166 valence electrons. The third kappa shape index (κ3) is 4.90. The van der Waals surface area contributed by atoms with Crippen molar-refractivity contribution in [3.63, 3.8) is 0 Å². The molecule has 2 aromatic carbocycles. The smallest absolute Gasteiger partial charge is 0.341 e. The number of carbonyl (C=O) groups excluding carboxylic acids is 2. The van der Waals surface area contributed by atoms with Gasteiger partial charge in [0, 0.05) is 17.3 Å². The number of esters is 2. The number of hydrogen-bond acceptors (Lipinski definition) is 6. The number of fused-ring (bicyclic) bond motifs is 1. The Labute approximate surface area is 187 Å². The summed E-state index contributed by atoms with van der Waals surface area (Å²) in [6.45, 7) is 4.05. The minimum Gasteiger partial charge on any atom is -0.462 e. The van der Waals surface area contributed by atoms with Crippen molar-refractivity contribution in [2.75, 3.05) is 11.9 Å². The number of aromatic nitrogens is 1. The molecule has 6 nitrogen and oxygen atoms in total. The summed E-state index contributed by atoms with van der Waals surface area (Å²) in [5.74, 6) is -0.723. The van der Waals surface area contributed by atoms with E-state index in [9.17, 15) is 9.59 Å². The van der Waals surface area contributed by atoms with Crippen LogP contribution in [-0.2, 0) is 9.47 Å². The molecule has 0 spiro atoms. The van der Waals surface area contributed by atoms with Crippen molar-refractivity contribution in [2.45, 2.75) is 52.1 Å². The molecule has 4 rings (SSSR count). The summed E-state index contributed by atoms with van der Waals surface area (Å²) in [5, 5.41) is 4.17. The maximum Gasteiger partial charge on any atom is 0.341 e. The van der Waals surface area contributed by atoms with E-state index in [2.05, 4.69) is 10.3 Å². The summed E-state index contributed by atoms with van der Waals surface area (Å²) in [6, 6.07) is 13.0. The number of hydrogen-bond donors (Lipinski definition) is 1. The fraction of sp³-hybridized carbons (Fsp3) is 0.346. The van der Waals surface area contributed by atoms with Crippen LogP contribution < -0.4 is 5.32 Å². The standard InChI is InChI=1S/C26H28N2O4/c1-3-31-26(30)22-16-27-23-14-9-17(2)15-21(23)24(22)28-19-12-10-18(11-13-19)25(29)32-20-7-5-4-6-8-20/h9-16,20H,3-8H2,1-2H3,(H,27,28). The van der Waals surface area contributed by atoms with Gasteiger partial charge in [0.25, 0.3) is 0 Å². The summed E-state index contributed by atoms with van der Waals surface area (Å²) < 4.78 is 10.9. The van der Waals surface area contributed by atoms with Crippen molar-refractivity contribution >= 4 is 34.2 Å². The van der Waals surface area contributed by atoms with E-state index in [-0.39, 0.29) is 18.7 Å². The molecule has 1 fully saturated rings. The number of benzene rings is 2. The zero-order valence-corrected chi connectivity index (χ0v) is 18.5. The largest absolute Gasteiger partial charge is 0.462 e. The second-order valence-corrected chi connectivity index (χ2v) is 8.16. The number of ether oxygens (including phenoxy) is 2. The molecule has 1 aliphatic carbocycles. The van der Waals surface area contributed by atoms with Crippen molar-refractivity contribution in [3.05, 3.63) is 65.4 Å². The van der Waals surface area contributed by atoms with E-state index in [1.54, 1.807) is 19.1 Å². The van der Waals surface area contributed by atoms with Crippen molar-refractivity contribution in [1.29, 1.82) is 0 Å². The Morgan fingerprint density at radius 3 is 2.50 bits per heavy atom. The van der Waals surface area contributed by atoms with Gasteiger partial charge in [0.05, 0.1) is 23.4 Å². The molecule has 1 N–H and O–H groups in total. The summed E-state index contributed by atoms with van der Waals surface area (Å²) >= 11 is 0. The number of anilines is 2. The minimum absolute atomic E-state index is 0.0209. The fourth-order valence-corrected chi connectivity index (χ4v) is 4.04. The van der Waals surface area contributed by atoms with Crippen molar-refractivity contribution in [2.24, 2.45) is 0 Å². The van der Waals surface area contributed by atoms with E-state index < -0.39 is 5.97 Å². The lowest BCUT2D eigenvalue weighted by Gasteiger charge is -2.21. The Kier molecular flexibility index (Phi) is 6.69. The molecule has 1 aromatic heterocycles. The average Bonchev–Trinajstić information content (AvgIpc) is 2.80. The molecule has 6 heteroatoms. The van der Waals surface area contributed by atoms with Gasteiger partial charge in [-0.25, -0.2) is 9.59 Å². The molecule has 0 atom stereocenters. The lowest BCUT2D eigenvalue weighted by molar-refractivity contribution is 0.0211. The molecule has 0 aliphatic heterocycles. The van der Waals surface area contributed by atoms with Crippen molar-refractivity contribution < 1.29 is 19.1 Å². The van der Waals surface area contributed by atoms with Gasteiger partial charge in [-0.15, -0.1) is 0 Å². The van der Waals surface area contributed by atoms with E-state index in [0.717, 1.165) is 47.8 Å². The van der Waals surface area contributed by atoms with E-state index in [1.807, 2.05) is 37.3 Å². The molecule has 0 amide bonds.